The van der Waals surface area contributed by atoms with E-state index in [0.717, 1.165) is 35.2 Å². The molecule has 23 heavy (non-hydrogen) atoms. The molecule has 0 bridgehead atoms. The fraction of sp³-hybridized carbons (Fsp3) is 0.400. The van der Waals surface area contributed by atoms with Gasteiger partial charge in [-0.2, -0.15) is 0 Å². The third kappa shape index (κ3) is 4.17. The summed E-state index contributed by atoms with van der Waals surface area (Å²) >= 11 is 1.48. The van der Waals surface area contributed by atoms with Crippen molar-refractivity contribution in [1.29, 1.82) is 0 Å². The van der Waals surface area contributed by atoms with Crippen molar-refractivity contribution in [3.63, 3.8) is 0 Å². The molecule has 0 aliphatic carbocycles. The molecule has 0 atom stereocenters. The number of H-pyrrole nitrogens is 1. The first-order chi connectivity index (χ1) is 10.9. The number of rotatable bonds is 7. The van der Waals surface area contributed by atoms with Crippen molar-refractivity contribution in [2.75, 3.05) is 32.5 Å². The predicted molar refractivity (Wildman–Crippen MR) is 93.1 cm³/mol. The molecule has 8 heteroatoms. The van der Waals surface area contributed by atoms with Gasteiger partial charge in [0, 0.05) is 29.7 Å². The highest BCUT2D eigenvalue weighted by Crippen LogP contribution is 2.27. The number of pyridine rings is 1. The van der Waals surface area contributed by atoms with Gasteiger partial charge in [0.1, 0.15) is 5.56 Å². The van der Waals surface area contributed by atoms with Crippen molar-refractivity contribution in [2.45, 2.75) is 13.3 Å². The van der Waals surface area contributed by atoms with Crippen molar-refractivity contribution in [3.05, 3.63) is 33.1 Å². The van der Waals surface area contributed by atoms with Crippen molar-refractivity contribution in [3.8, 4) is 11.3 Å². The minimum absolute atomic E-state index is 0.0488. The Bertz CT molecular complexity index is 751. The zero-order valence-electron chi connectivity index (χ0n) is 13.5. The number of primary amides is 1. The van der Waals surface area contributed by atoms with Crippen LogP contribution < -0.4 is 16.6 Å². The molecule has 0 spiro atoms. The van der Waals surface area contributed by atoms with E-state index in [1.807, 2.05) is 26.4 Å². The van der Waals surface area contributed by atoms with Gasteiger partial charge in [0.25, 0.3) is 11.5 Å². The number of carbonyl (C=O) groups is 1. The minimum atomic E-state index is -0.741. The van der Waals surface area contributed by atoms with Gasteiger partial charge < -0.3 is 20.9 Å². The van der Waals surface area contributed by atoms with Gasteiger partial charge in [-0.25, -0.2) is 4.98 Å². The Balaban J connectivity index is 2.31. The molecule has 0 fully saturated rings. The summed E-state index contributed by atoms with van der Waals surface area (Å²) in [6, 6.07) is 1.53. The summed E-state index contributed by atoms with van der Waals surface area (Å²) in [6.45, 7) is 3.62. The molecule has 2 aromatic rings. The first-order valence-corrected chi connectivity index (χ1v) is 8.20. The van der Waals surface area contributed by atoms with Crippen LogP contribution in [-0.4, -0.2) is 48.0 Å². The van der Waals surface area contributed by atoms with E-state index >= 15 is 0 Å². The van der Waals surface area contributed by atoms with Crippen LogP contribution >= 0.6 is 11.3 Å². The Labute approximate surface area is 138 Å². The SMILES string of the molecule is CCc1[nH]c(=O)c(C(N)=O)cc1-c1csc(NCCN(C)C)n1. The van der Waals surface area contributed by atoms with Gasteiger partial charge in [0.05, 0.1) is 5.69 Å². The van der Waals surface area contributed by atoms with E-state index in [2.05, 4.69) is 20.2 Å². The molecule has 0 saturated heterocycles. The van der Waals surface area contributed by atoms with Crippen LogP contribution in [0.15, 0.2) is 16.2 Å². The van der Waals surface area contributed by atoms with Crippen LogP contribution in [0.2, 0.25) is 0 Å². The molecular formula is C15H21N5O2S. The van der Waals surface area contributed by atoms with Crippen molar-refractivity contribution < 1.29 is 4.79 Å². The summed E-state index contributed by atoms with van der Waals surface area (Å²) < 4.78 is 0. The number of nitrogens with one attached hydrogen (secondary N) is 2. The van der Waals surface area contributed by atoms with E-state index < -0.39 is 11.5 Å². The minimum Gasteiger partial charge on any atom is -0.365 e. The second-order valence-electron chi connectivity index (χ2n) is 5.39. The Kier molecular flexibility index (Phi) is 5.51. The Morgan fingerprint density at radius 3 is 2.83 bits per heavy atom. The quantitative estimate of drug-likeness (QED) is 0.704. The maximum Gasteiger partial charge on any atom is 0.261 e. The van der Waals surface area contributed by atoms with Crippen LogP contribution in [0.4, 0.5) is 5.13 Å². The predicted octanol–water partition coefficient (Wildman–Crippen LogP) is 1.13. The molecule has 0 aromatic carbocycles. The summed E-state index contributed by atoms with van der Waals surface area (Å²) in [6.07, 6.45) is 0.629. The standard InChI is InChI=1S/C15H21N5O2S/c1-4-11-9(7-10(13(16)21)14(22)18-11)12-8-23-15(19-12)17-5-6-20(2)3/h7-8H,4-6H2,1-3H3,(H2,16,21)(H,17,19)(H,18,22). The van der Waals surface area contributed by atoms with Crippen LogP contribution in [0.5, 0.6) is 0 Å². The number of aryl methyl sites for hydroxylation is 1. The van der Waals surface area contributed by atoms with Gasteiger partial charge >= 0.3 is 0 Å². The molecule has 1 amide bonds. The van der Waals surface area contributed by atoms with Crippen LogP contribution in [-0.2, 0) is 6.42 Å². The van der Waals surface area contributed by atoms with Crippen LogP contribution in [0, 0.1) is 0 Å². The number of aromatic nitrogens is 2. The normalized spacial score (nSPS) is 11.0. The molecule has 2 rings (SSSR count). The number of nitrogens with two attached hydrogens (primary N) is 1. The van der Waals surface area contributed by atoms with Crippen LogP contribution in [0.25, 0.3) is 11.3 Å². The summed E-state index contributed by atoms with van der Waals surface area (Å²) in [7, 11) is 4.02. The van der Waals surface area contributed by atoms with E-state index in [1.165, 1.54) is 17.4 Å². The van der Waals surface area contributed by atoms with Gasteiger partial charge in [-0.1, -0.05) is 6.92 Å². The molecule has 0 saturated carbocycles. The molecule has 2 heterocycles. The monoisotopic (exact) mass is 335 g/mol. The van der Waals surface area contributed by atoms with E-state index in [-0.39, 0.29) is 5.56 Å². The van der Waals surface area contributed by atoms with E-state index in [9.17, 15) is 9.59 Å². The number of nitrogens with zero attached hydrogens (tertiary/aromatic N) is 2. The summed E-state index contributed by atoms with van der Waals surface area (Å²) in [5.74, 6) is -0.741. The molecular weight excluding hydrogens is 314 g/mol. The lowest BCUT2D eigenvalue weighted by atomic mass is 10.1. The lowest BCUT2D eigenvalue weighted by Gasteiger charge is -2.09. The molecule has 0 unspecified atom stereocenters. The largest absolute Gasteiger partial charge is 0.365 e. The fourth-order valence-electron chi connectivity index (χ4n) is 2.12. The summed E-state index contributed by atoms with van der Waals surface area (Å²) in [5, 5.41) is 5.95. The molecule has 124 valence electrons. The van der Waals surface area contributed by atoms with E-state index in [0.29, 0.717) is 6.42 Å². The van der Waals surface area contributed by atoms with Crippen molar-refractivity contribution >= 4 is 22.4 Å². The van der Waals surface area contributed by atoms with Crippen molar-refractivity contribution in [2.24, 2.45) is 5.73 Å². The molecule has 0 aliphatic heterocycles. The second kappa shape index (κ2) is 7.38. The van der Waals surface area contributed by atoms with Gasteiger partial charge in [-0.05, 0) is 26.6 Å². The zero-order valence-corrected chi connectivity index (χ0v) is 14.3. The molecule has 7 nitrogen and oxygen atoms in total. The molecule has 2 aromatic heterocycles. The lowest BCUT2D eigenvalue weighted by Crippen LogP contribution is -2.24. The maximum atomic E-state index is 11.8. The number of hydrogen-bond acceptors (Lipinski definition) is 6. The third-order valence-electron chi connectivity index (χ3n) is 3.36. The van der Waals surface area contributed by atoms with E-state index in [4.69, 9.17) is 5.73 Å². The number of likely N-dealkylation sites (N-methyl/N-ethyl adjacent to an activating group) is 1. The van der Waals surface area contributed by atoms with Gasteiger partial charge in [0.2, 0.25) is 0 Å². The lowest BCUT2D eigenvalue weighted by molar-refractivity contribution is 0.0999. The van der Waals surface area contributed by atoms with Crippen LogP contribution in [0.1, 0.15) is 23.0 Å². The Morgan fingerprint density at radius 1 is 1.48 bits per heavy atom. The maximum absolute atomic E-state index is 11.8. The second-order valence-corrected chi connectivity index (χ2v) is 6.25. The topological polar surface area (TPSA) is 104 Å². The molecule has 0 radical (unpaired) electrons. The molecule has 4 N–H and O–H groups in total. The van der Waals surface area contributed by atoms with Crippen molar-refractivity contribution in [1.82, 2.24) is 14.9 Å². The summed E-state index contributed by atoms with van der Waals surface area (Å²) in [4.78, 5) is 32.6. The number of carbonyl (C=O) groups excluding carboxylic acids is 1. The van der Waals surface area contributed by atoms with Crippen LogP contribution in [0.3, 0.4) is 0 Å². The zero-order chi connectivity index (χ0) is 17.0. The number of aromatic amines is 1. The first kappa shape index (κ1) is 17.2. The Morgan fingerprint density at radius 2 is 2.22 bits per heavy atom. The molecule has 0 aliphatic rings. The first-order valence-electron chi connectivity index (χ1n) is 7.32. The highest BCUT2D eigenvalue weighted by atomic mass is 32.1. The summed E-state index contributed by atoms with van der Waals surface area (Å²) in [5.41, 5.74) is 6.94. The van der Waals surface area contributed by atoms with Gasteiger partial charge in [-0.15, -0.1) is 11.3 Å². The number of hydrogen-bond donors (Lipinski definition) is 3. The average Bonchev–Trinajstić information content (AvgIpc) is 2.94. The number of anilines is 1. The number of thiazole rings is 1. The smallest absolute Gasteiger partial charge is 0.261 e. The average molecular weight is 335 g/mol. The Hall–Kier alpha value is -2.19. The third-order valence-corrected chi connectivity index (χ3v) is 4.16. The number of amides is 1. The van der Waals surface area contributed by atoms with Gasteiger partial charge in [-0.3, -0.25) is 9.59 Å². The highest BCUT2D eigenvalue weighted by Gasteiger charge is 2.15. The van der Waals surface area contributed by atoms with E-state index in [1.54, 1.807) is 0 Å². The van der Waals surface area contributed by atoms with Gasteiger partial charge in [0.15, 0.2) is 5.13 Å². The highest BCUT2D eigenvalue weighted by molar-refractivity contribution is 7.14. The fourth-order valence-corrected chi connectivity index (χ4v) is 2.86.